The highest BCUT2D eigenvalue weighted by Gasteiger charge is 2.28. The summed E-state index contributed by atoms with van der Waals surface area (Å²) in [6, 6.07) is 0. The van der Waals surface area contributed by atoms with Gasteiger partial charge in [-0.15, -0.1) is 0 Å². The smallest absolute Gasteiger partial charge is 0.204 e. The summed E-state index contributed by atoms with van der Waals surface area (Å²) in [4.78, 5) is 0. The Hall–Kier alpha value is -0.415. The molecule has 0 radical (unpaired) electrons. The Morgan fingerprint density at radius 1 is 0.857 bits per heavy atom. The van der Waals surface area contributed by atoms with Gasteiger partial charge in [-0.2, -0.15) is 22.9 Å². The first-order valence-corrected chi connectivity index (χ1v) is 4.35. The van der Waals surface area contributed by atoms with E-state index in [1.165, 1.54) is 0 Å². The van der Waals surface area contributed by atoms with Crippen molar-refractivity contribution in [1.29, 1.82) is 0 Å². The van der Waals surface area contributed by atoms with Gasteiger partial charge in [0.25, 0.3) is 0 Å². The highest BCUT2D eigenvalue weighted by Crippen LogP contribution is 2.18. The Labute approximate surface area is 87.7 Å². The summed E-state index contributed by atoms with van der Waals surface area (Å²) in [6.07, 6.45) is 0. The van der Waals surface area contributed by atoms with Crippen LogP contribution in [-0.4, -0.2) is 5.54 Å². The lowest BCUT2D eigenvalue weighted by molar-refractivity contribution is 0.454. The second-order valence-electron chi connectivity index (χ2n) is 2.60. The van der Waals surface area contributed by atoms with Crippen molar-refractivity contribution in [1.82, 2.24) is 0 Å². The zero-order valence-electron chi connectivity index (χ0n) is 6.85. The second kappa shape index (κ2) is 3.99. The molecule has 0 heterocycles. The van der Waals surface area contributed by atoms with E-state index in [2.05, 4.69) is 0 Å². The maximum atomic E-state index is 13.0. The first-order chi connectivity index (χ1) is 6.37. The SMILES string of the molecule is Cc1c(F)c(F)c(B(Cl)Cl)c(F)c1F. The molecule has 0 aliphatic rings. The highest BCUT2D eigenvalue weighted by atomic mass is 35.5. The summed E-state index contributed by atoms with van der Waals surface area (Å²) in [5, 5.41) is 0. The minimum atomic E-state index is -1.65. The average molecular weight is 245 g/mol. The van der Waals surface area contributed by atoms with Gasteiger partial charge in [0.05, 0.1) is 0 Å². The lowest BCUT2D eigenvalue weighted by Crippen LogP contribution is -2.30. The lowest BCUT2D eigenvalue weighted by Gasteiger charge is -2.08. The van der Waals surface area contributed by atoms with Gasteiger partial charge >= 0.3 is 5.54 Å². The van der Waals surface area contributed by atoms with Crippen molar-refractivity contribution in [3.63, 3.8) is 0 Å². The van der Waals surface area contributed by atoms with Crippen molar-refractivity contribution < 1.29 is 17.6 Å². The van der Waals surface area contributed by atoms with E-state index in [1.54, 1.807) is 0 Å². The summed E-state index contributed by atoms with van der Waals surface area (Å²) < 4.78 is 51.8. The second-order valence-corrected chi connectivity index (χ2v) is 3.69. The van der Waals surface area contributed by atoms with Crippen molar-refractivity contribution in [3.8, 4) is 0 Å². The fourth-order valence-corrected chi connectivity index (χ4v) is 1.33. The normalized spacial score (nSPS) is 10.5. The van der Waals surface area contributed by atoms with Gasteiger partial charge in [0.1, 0.15) is 0 Å². The molecule has 0 saturated carbocycles. The van der Waals surface area contributed by atoms with Crippen LogP contribution in [0.5, 0.6) is 0 Å². The van der Waals surface area contributed by atoms with Crippen LogP contribution < -0.4 is 5.46 Å². The minimum absolute atomic E-state index is 0.738. The standard InChI is InChI=1S/C7H3BCl2F4/c1-2-4(11)6(13)3(8(9)10)7(14)5(2)12/h1H3. The Morgan fingerprint density at radius 3 is 1.50 bits per heavy atom. The minimum Gasteiger partial charge on any atom is -0.204 e. The van der Waals surface area contributed by atoms with Crippen molar-refractivity contribution in [2.45, 2.75) is 6.92 Å². The average Bonchev–Trinajstić information content (AvgIpc) is 2.11. The molecule has 0 nitrogen and oxygen atoms in total. The summed E-state index contributed by atoms with van der Waals surface area (Å²) in [5.41, 5.74) is -3.40. The molecule has 1 aromatic carbocycles. The molecule has 0 fully saturated rings. The number of hydrogen-bond acceptors (Lipinski definition) is 0. The number of hydrogen-bond donors (Lipinski definition) is 0. The van der Waals surface area contributed by atoms with Gasteiger partial charge in [-0.3, -0.25) is 0 Å². The maximum absolute atomic E-state index is 13.0. The molecule has 1 rings (SSSR count). The van der Waals surface area contributed by atoms with Crippen LogP contribution in [0.15, 0.2) is 0 Å². The molecule has 0 aromatic heterocycles. The van der Waals surface area contributed by atoms with E-state index in [4.69, 9.17) is 22.9 Å². The van der Waals surface area contributed by atoms with E-state index in [-0.39, 0.29) is 0 Å². The topological polar surface area (TPSA) is 0 Å². The third-order valence-electron chi connectivity index (χ3n) is 1.74. The molecule has 0 bridgehead atoms. The number of benzene rings is 1. The monoisotopic (exact) mass is 244 g/mol. The summed E-state index contributed by atoms with van der Waals surface area (Å²) in [7, 11) is 0. The summed E-state index contributed by atoms with van der Waals surface area (Å²) in [6.45, 7) is 0.915. The number of halogens is 6. The molecule has 0 aliphatic carbocycles. The quantitative estimate of drug-likeness (QED) is 0.405. The Bertz CT molecular complexity index is 351. The maximum Gasteiger partial charge on any atom is 0.388 e. The first-order valence-electron chi connectivity index (χ1n) is 3.48. The van der Waals surface area contributed by atoms with Crippen LogP contribution in [0.2, 0.25) is 0 Å². The molecular formula is C7H3BCl2F4. The van der Waals surface area contributed by atoms with Crippen molar-refractivity contribution in [2.75, 3.05) is 0 Å². The number of rotatable bonds is 1. The molecule has 7 heteroatoms. The molecule has 0 unspecified atom stereocenters. The van der Waals surface area contributed by atoms with E-state index in [0.29, 0.717) is 0 Å². The molecule has 0 spiro atoms. The van der Waals surface area contributed by atoms with Gasteiger partial charge in [0.2, 0.25) is 0 Å². The third-order valence-corrected chi connectivity index (χ3v) is 2.17. The van der Waals surface area contributed by atoms with E-state index in [9.17, 15) is 17.6 Å². The van der Waals surface area contributed by atoms with Crippen LogP contribution in [0.25, 0.3) is 0 Å². The zero-order valence-corrected chi connectivity index (χ0v) is 8.36. The van der Waals surface area contributed by atoms with Crippen LogP contribution in [0.1, 0.15) is 5.56 Å². The van der Waals surface area contributed by atoms with Crippen LogP contribution in [-0.2, 0) is 0 Å². The molecule has 76 valence electrons. The van der Waals surface area contributed by atoms with E-state index in [0.717, 1.165) is 6.92 Å². The summed E-state index contributed by atoms with van der Waals surface area (Å²) in [5.74, 6) is -6.08. The van der Waals surface area contributed by atoms with Crippen LogP contribution >= 0.6 is 22.9 Å². The van der Waals surface area contributed by atoms with E-state index >= 15 is 0 Å². The van der Waals surface area contributed by atoms with Gasteiger partial charge in [-0.25, -0.2) is 17.6 Å². The van der Waals surface area contributed by atoms with Gasteiger partial charge < -0.3 is 0 Å². The predicted molar refractivity (Wildman–Crippen MR) is 48.1 cm³/mol. The van der Waals surface area contributed by atoms with Crippen LogP contribution in [0.3, 0.4) is 0 Å². The molecule has 0 saturated heterocycles. The first kappa shape index (κ1) is 11.7. The van der Waals surface area contributed by atoms with Gasteiger partial charge in [-0.1, -0.05) is 0 Å². The Morgan fingerprint density at radius 2 is 1.21 bits per heavy atom. The fraction of sp³-hybridized carbons (Fsp3) is 0.143. The predicted octanol–water partition coefficient (Wildman–Crippen LogP) is 2.72. The molecule has 0 aliphatic heterocycles. The van der Waals surface area contributed by atoms with Crippen molar-refractivity contribution >= 4 is 33.9 Å². The summed E-state index contributed by atoms with van der Waals surface area (Å²) >= 11 is 10.3. The largest absolute Gasteiger partial charge is 0.388 e. The molecule has 1 aromatic rings. The molecule has 0 atom stereocenters. The molecule has 0 N–H and O–H groups in total. The third kappa shape index (κ3) is 1.71. The van der Waals surface area contributed by atoms with Crippen molar-refractivity contribution in [3.05, 3.63) is 28.8 Å². The fourth-order valence-electron chi connectivity index (χ4n) is 0.950. The van der Waals surface area contributed by atoms with E-state index in [1.807, 2.05) is 0 Å². The highest BCUT2D eigenvalue weighted by molar-refractivity contribution is 7.39. The van der Waals surface area contributed by atoms with Crippen molar-refractivity contribution in [2.24, 2.45) is 0 Å². The Kier molecular flexibility index (Phi) is 3.32. The van der Waals surface area contributed by atoms with Crippen LogP contribution in [0.4, 0.5) is 17.6 Å². The van der Waals surface area contributed by atoms with E-state index < -0.39 is 39.8 Å². The molecular weight excluding hydrogens is 242 g/mol. The van der Waals surface area contributed by atoms with Gasteiger partial charge in [0.15, 0.2) is 23.3 Å². The molecule has 14 heavy (non-hydrogen) atoms. The lowest BCUT2D eigenvalue weighted by atomic mass is 9.90. The van der Waals surface area contributed by atoms with Gasteiger partial charge in [-0.05, 0) is 6.92 Å². The molecule has 0 amide bonds. The Balaban J connectivity index is 3.60. The van der Waals surface area contributed by atoms with Crippen LogP contribution in [0, 0.1) is 30.2 Å². The van der Waals surface area contributed by atoms with Gasteiger partial charge in [0, 0.05) is 11.0 Å². The zero-order chi connectivity index (χ0) is 11.0.